The summed E-state index contributed by atoms with van der Waals surface area (Å²) in [5.74, 6) is 0.755. The van der Waals surface area contributed by atoms with Crippen LogP contribution >= 0.6 is 0 Å². The lowest BCUT2D eigenvalue weighted by Crippen LogP contribution is -2.26. The highest BCUT2D eigenvalue weighted by Gasteiger charge is 2.20. The molecule has 0 bridgehead atoms. The van der Waals surface area contributed by atoms with E-state index < -0.39 is 0 Å². The number of halogens is 1. The highest BCUT2D eigenvalue weighted by Crippen LogP contribution is 2.20. The minimum absolute atomic E-state index is 0.251. The third-order valence-corrected chi connectivity index (χ3v) is 3.83. The summed E-state index contributed by atoms with van der Waals surface area (Å²) >= 11 is 0. The standard InChI is InChI=1S/C15H23FN2O/c1-3-18-8-7-12(11-18)9-17-10-13-5-4-6-14(19-2)15(13)16/h4-6,12,17H,3,7-11H2,1-2H3. The van der Waals surface area contributed by atoms with Gasteiger partial charge in [0, 0.05) is 18.7 Å². The van der Waals surface area contributed by atoms with Crippen LogP contribution in [0.3, 0.4) is 0 Å². The van der Waals surface area contributed by atoms with Crippen molar-refractivity contribution in [1.82, 2.24) is 10.2 Å². The van der Waals surface area contributed by atoms with Crippen LogP contribution < -0.4 is 10.1 Å². The number of hydrogen-bond acceptors (Lipinski definition) is 3. The third kappa shape index (κ3) is 3.67. The van der Waals surface area contributed by atoms with Crippen LogP contribution in [0.15, 0.2) is 18.2 Å². The lowest BCUT2D eigenvalue weighted by molar-refractivity contribution is 0.338. The highest BCUT2D eigenvalue weighted by atomic mass is 19.1. The van der Waals surface area contributed by atoms with E-state index in [9.17, 15) is 4.39 Å². The molecular weight excluding hydrogens is 243 g/mol. The van der Waals surface area contributed by atoms with E-state index in [0.29, 0.717) is 23.8 Å². The number of nitrogens with zero attached hydrogens (tertiary/aromatic N) is 1. The van der Waals surface area contributed by atoms with Gasteiger partial charge < -0.3 is 15.0 Å². The van der Waals surface area contributed by atoms with E-state index in [1.54, 1.807) is 12.1 Å². The molecule has 3 nitrogen and oxygen atoms in total. The van der Waals surface area contributed by atoms with Gasteiger partial charge in [0.25, 0.3) is 0 Å². The predicted molar refractivity (Wildman–Crippen MR) is 74.9 cm³/mol. The number of methoxy groups -OCH3 is 1. The molecule has 1 heterocycles. The molecule has 106 valence electrons. The first-order chi connectivity index (χ1) is 9.24. The van der Waals surface area contributed by atoms with Crippen LogP contribution in [0.4, 0.5) is 4.39 Å². The number of likely N-dealkylation sites (tertiary alicyclic amines) is 1. The summed E-state index contributed by atoms with van der Waals surface area (Å²) < 4.78 is 18.9. The van der Waals surface area contributed by atoms with Crippen molar-refractivity contribution in [3.8, 4) is 5.75 Å². The Kier molecular flexibility index (Phi) is 5.16. The van der Waals surface area contributed by atoms with E-state index in [1.165, 1.54) is 20.1 Å². The minimum atomic E-state index is -0.251. The quantitative estimate of drug-likeness (QED) is 0.855. The Bertz CT molecular complexity index is 411. The molecule has 1 aliphatic rings. The maximum atomic E-state index is 13.9. The van der Waals surface area contributed by atoms with Gasteiger partial charge in [-0.2, -0.15) is 0 Å². The number of ether oxygens (including phenoxy) is 1. The summed E-state index contributed by atoms with van der Waals surface area (Å²) in [7, 11) is 1.49. The molecule has 1 aromatic rings. The van der Waals surface area contributed by atoms with Gasteiger partial charge in [0.05, 0.1) is 7.11 Å². The smallest absolute Gasteiger partial charge is 0.169 e. The minimum Gasteiger partial charge on any atom is -0.494 e. The van der Waals surface area contributed by atoms with Gasteiger partial charge in [-0.05, 0) is 38.0 Å². The molecule has 1 atom stereocenters. The van der Waals surface area contributed by atoms with Crippen LogP contribution in [-0.4, -0.2) is 38.2 Å². The molecular formula is C15H23FN2O. The van der Waals surface area contributed by atoms with Crippen LogP contribution in [0.5, 0.6) is 5.75 Å². The Labute approximate surface area is 114 Å². The number of nitrogens with one attached hydrogen (secondary N) is 1. The Morgan fingerprint density at radius 3 is 3.00 bits per heavy atom. The fourth-order valence-electron chi connectivity index (χ4n) is 2.63. The van der Waals surface area contributed by atoms with Crippen molar-refractivity contribution in [3.63, 3.8) is 0 Å². The van der Waals surface area contributed by atoms with E-state index in [-0.39, 0.29) is 5.82 Å². The zero-order valence-electron chi connectivity index (χ0n) is 11.8. The van der Waals surface area contributed by atoms with Crippen LogP contribution in [-0.2, 0) is 6.54 Å². The van der Waals surface area contributed by atoms with Crippen molar-refractivity contribution >= 4 is 0 Å². The topological polar surface area (TPSA) is 24.5 Å². The van der Waals surface area contributed by atoms with E-state index in [2.05, 4.69) is 17.1 Å². The largest absolute Gasteiger partial charge is 0.494 e. The molecule has 1 N–H and O–H groups in total. The second-order valence-corrected chi connectivity index (χ2v) is 5.11. The van der Waals surface area contributed by atoms with Gasteiger partial charge >= 0.3 is 0 Å². The normalized spacial score (nSPS) is 19.8. The van der Waals surface area contributed by atoms with Crippen molar-refractivity contribution in [2.24, 2.45) is 5.92 Å². The number of hydrogen-bond donors (Lipinski definition) is 1. The van der Waals surface area contributed by atoms with Crippen LogP contribution in [0, 0.1) is 11.7 Å². The summed E-state index contributed by atoms with van der Waals surface area (Å²) in [6.45, 7) is 7.18. The molecule has 1 unspecified atom stereocenters. The van der Waals surface area contributed by atoms with Crippen LogP contribution in [0.2, 0.25) is 0 Å². The molecule has 1 fully saturated rings. The number of rotatable bonds is 6. The molecule has 0 spiro atoms. The summed E-state index contributed by atoms with van der Waals surface area (Å²) in [4.78, 5) is 2.46. The Balaban J connectivity index is 1.80. The molecule has 4 heteroatoms. The summed E-state index contributed by atoms with van der Waals surface area (Å²) in [5, 5.41) is 3.36. The van der Waals surface area contributed by atoms with Gasteiger partial charge in [-0.3, -0.25) is 0 Å². The fourth-order valence-corrected chi connectivity index (χ4v) is 2.63. The molecule has 19 heavy (non-hydrogen) atoms. The molecule has 0 aliphatic carbocycles. The van der Waals surface area contributed by atoms with Gasteiger partial charge in [0.1, 0.15) is 0 Å². The van der Waals surface area contributed by atoms with E-state index in [4.69, 9.17) is 4.74 Å². The molecule has 0 saturated carbocycles. The molecule has 1 saturated heterocycles. The first kappa shape index (κ1) is 14.3. The summed E-state index contributed by atoms with van der Waals surface area (Å²) in [6.07, 6.45) is 1.24. The van der Waals surface area contributed by atoms with Crippen LogP contribution in [0.1, 0.15) is 18.9 Å². The van der Waals surface area contributed by atoms with Gasteiger partial charge in [-0.25, -0.2) is 4.39 Å². The summed E-state index contributed by atoms with van der Waals surface area (Å²) in [6, 6.07) is 5.28. The molecule has 1 aliphatic heterocycles. The SMILES string of the molecule is CCN1CCC(CNCc2cccc(OC)c2F)C1. The average molecular weight is 266 g/mol. The Hall–Kier alpha value is -1.13. The molecule has 0 amide bonds. The van der Waals surface area contributed by atoms with Gasteiger partial charge in [-0.15, -0.1) is 0 Å². The molecule has 0 radical (unpaired) electrons. The monoisotopic (exact) mass is 266 g/mol. The first-order valence-corrected chi connectivity index (χ1v) is 6.99. The Morgan fingerprint density at radius 2 is 2.32 bits per heavy atom. The van der Waals surface area contributed by atoms with Crippen molar-refractivity contribution in [2.75, 3.05) is 33.3 Å². The predicted octanol–water partition coefficient (Wildman–Crippen LogP) is 2.27. The van der Waals surface area contributed by atoms with Crippen molar-refractivity contribution in [2.45, 2.75) is 19.9 Å². The maximum Gasteiger partial charge on any atom is 0.169 e. The van der Waals surface area contributed by atoms with Crippen molar-refractivity contribution < 1.29 is 9.13 Å². The molecule has 0 aromatic heterocycles. The van der Waals surface area contributed by atoms with Gasteiger partial charge in [0.2, 0.25) is 0 Å². The Morgan fingerprint density at radius 1 is 1.47 bits per heavy atom. The highest BCUT2D eigenvalue weighted by molar-refractivity contribution is 5.30. The first-order valence-electron chi connectivity index (χ1n) is 6.99. The fraction of sp³-hybridized carbons (Fsp3) is 0.600. The van der Waals surface area contributed by atoms with Crippen molar-refractivity contribution in [1.29, 1.82) is 0 Å². The second kappa shape index (κ2) is 6.87. The average Bonchev–Trinajstić information content (AvgIpc) is 2.89. The zero-order chi connectivity index (χ0) is 13.7. The van der Waals surface area contributed by atoms with E-state index in [0.717, 1.165) is 19.6 Å². The second-order valence-electron chi connectivity index (χ2n) is 5.11. The van der Waals surface area contributed by atoms with Gasteiger partial charge in [-0.1, -0.05) is 19.1 Å². The molecule has 2 rings (SSSR count). The maximum absolute atomic E-state index is 13.9. The van der Waals surface area contributed by atoms with E-state index >= 15 is 0 Å². The van der Waals surface area contributed by atoms with E-state index in [1.807, 2.05) is 6.07 Å². The van der Waals surface area contributed by atoms with Gasteiger partial charge in [0.15, 0.2) is 11.6 Å². The summed E-state index contributed by atoms with van der Waals surface area (Å²) in [5.41, 5.74) is 0.671. The van der Waals surface area contributed by atoms with Crippen molar-refractivity contribution in [3.05, 3.63) is 29.6 Å². The van der Waals surface area contributed by atoms with Crippen LogP contribution in [0.25, 0.3) is 0 Å². The molecule has 1 aromatic carbocycles. The lowest BCUT2D eigenvalue weighted by Gasteiger charge is -2.14. The lowest BCUT2D eigenvalue weighted by atomic mass is 10.1. The zero-order valence-corrected chi connectivity index (χ0v) is 11.8. The third-order valence-electron chi connectivity index (χ3n) is 3.83. The number of benzene rings is 1.